The zero-order valence-corrected chi connectivity index (χ0v) is 14.7. The van der Waals surface area contributed by atoms with Crippen LogP contribution >= 0.6 is 0 Å². The van der Waals surface area contributed by atoms with Crippen LogP contribution in [-0.2, 0) is 20.6 Å². The summed E-state index contributed by atoms with van der Waals surface area (Å²) in [6.45, 7) is 4.09. The highest BCUT2D eigenvalue weighted by atomic mass is 35.5. The van der Waals surface area contributed by atoms with Gasteiger partial charge in [-0.15, -0.1) is 0 Å². The van der Waals surface area contributed by atoms with Crippen LogP contribution in [0.25, 0.3) is 11.2 Å². The molecule has 1 aliphatic heterocycles. The Morgan fingerprint density at radius 3 is 2.62 bits per heavy atom. The molecule has 0 saturated carbocycles. The lowest BCUT2D eigenvalue weighted by molar-refractivity contribution is -0.653. The van der Waals surface area contributed by atoms with E-state index in [1.165, 1.54) is 11.6 Å². The second kappa shape index (κ2) is 7.37. The molecule has 2 aromatic rings. The molecule has 0 aliphatic carbocycles. The molecule has 1 aliphatic rings. The summed E-state index contributed by atoms with van der Waals surface area (Å²) in [5.74, 6) is 0.752. The molecule has 0 unspecified atom stereocenters. The fraction of sp³-hybridized carbons (Fsp3) is 0.643. The Bertz CT molecular complexity index is 840. The average Bonchev–Trinajstić information content (AvgIpc) is 2.95. The van der Waals surface area contributed by atoms with Crippen LogP contribution in [0, 0.1) is 0 Å². The van der Waals surface area contributed by atoms with E-state index in [9.17, 15) is 9.59 Å². The average molecular weight is 359 g/mol. The molecule has 24 heavy (non-hydrogen) atoms. The summed E-state index contributed by atoms with van der Waals surface area (Å²) in [5.41, 5.74) is 0.282. The molecule has 0 saturated heterocycles. The number of aryl methyl sites for hydroxylation is 2. The Hall–Kier alpha value is -1.84. The topological polar surface area (TPSA) is 102 Å². The molecule has 9 nitrogen and oxygen atoms in total. The predicted molar refractivity (Wildman–Crippen MR) is 85.8 cm³/mol. The van der Waals surface area contributed by atoms with Crippen molar-refractivity contribution >= 4 is 17.1 Å². The third-order valence-electron chi connectivity index (χ3n) is 4.36. The standard InChI is InChI=1S/C14H22N6O3.ClH/c1-17-11-10(12(22)18(2)14(17)23)20-7-3-6-19(13(20)16-11)8-4-15-5-9-21;/h15,21H,3-9H2,1-2H3;1H. The summed E-state index contributed by atoms with van der Waals surface area (Å²) in [4.78, 5) is 31.3. The van der Waals surface area contributed by atoms with Gasteiger partial charge in [0.1, 0.15) is 0 Å². The molecule has 2 aromatic heterocycles. The number of hydrogen-bond acceptors (Lipinski definition) is 5. The Morgan fingerprint density at radius 2 is 1.92 bits per heavy atom. The van der Waals surface area contributed by atoms with E-state index in [4.69, 9.17) is 5.11 Å². The lowest BCUT2D eigenvalue weighted by atomic mass is 10.3. The minimum Gasteiger partial charge on any atom is -1.00 e. The summed E-state index contributed by atoms with van der Waals surface area (Å²) < 4.78 is 4.48. The maximum Gasteiger partial charge on any atom is 0.332 e. The van der Waals surface area contributed by atoms with Crippen molar-refractivity contribution in [3.8, 4) is 0 Å². The summed E-state index contributed by atoms with van der Waals surface area (Å²) in [6, 6.07) is 0. The molecule has 3 rings (SSSR count). The number of quaternary nitrogens is 1. The Kier molecular flexibility index (Phi) is 5.68. The monoisotopic (exact) mass is 358 g/mol. The van der Waals surface area contributed by atoms with Crippen molar-refractivity contribution < 1.29 is 22.8 Å². The Labute approximate surface area is 144 Å². The maximum atomic E-state index is 12.5. The minimum atomic E-state index is -0.360. The molecule has 0 fully saturated rings. The molecule has 0 amide bonds. The van der Waals surface area contributed by atoms with Crippen LogP contribution in [0.4, 0.5) is 5.95 Å². The summed E-state index contributed by atoms with van der Waals surface area (Å²) >= 11 is 0. The number of aliphatic hydroxyl groups is 1. The van der Waals surface area contributed by atoms with Gasteiger partial charge in [0.2, 0.25) is 5.95 Å². The SMILES string of the molecule is Cn1c(=O)c2c(nc3n2CCCN3CC[NH2+]CCO)n(C)c1=O.[Cl-]. The van der Waals surface area contributed by atoms with Crippen LogP contribution in [0.5, 0.6) is 0 Å². The van der Waals surface area contributed by atoms with Crippen molar-refractivity contribution in [2.45, 2.75) is 13.0 Å². The summed E-state index contributed by atoms with van der Waals surface area (Å²) in [5, 5.41) is 10.9. The first-order chi connectivity index (χ1) is 11.1. The van der Waals surface area contributed by atoms with Crippen LogP contribution in [-0.4, -0.2) is 56.6 Å². The van der Waals surface area contributed by atoms with Gasteiger partial charge in [0.05, 0.1) is 26.2 Å². The molecule has 3 heterocycles. The number of hydrogen-bond donors (Lipinski definition) is 2. The number of nitrogens with two attached hydrogens (primary N) is 1. The normalized spacial score (nSPS) is 13.9. The minimum absolute atomic E-state index is 0. The van der Waals surface area contributed by atoms with Crippen LogP contribution < -0.4 is 33.9 Å². The van der Waals surface area contributed by atoms with E-state index >= 15 is 0 Å². The number of imidazole rings is 1. The van der Waals surface area contributed by atoms with Gasteiger partial charge in [-0.1, -0.05) is 0 Å². The molecule has 0 bridgehead atoms. The van der Waals surface area contributed by atoms with Gasteiger partial charge < -0.3 is 32.3 Å². The second-order valence-corrected chi connectivity index (χ2v) is 5.87. The van der Waals surface area contributed by atoms with Crippen LogP contribution in [0.3, 0.4) is 0 Å². The molecule has 0 aromatic carbocycles. The molecule has 134 valence electrons. The van der Waals surface area contributed by atoms with Crippen molar-refractivity contribution in [2.75, 3.05) is 37.7 Å². The predicted octanol–water partition coefficient (Wildman–Crippen LogP) is -5.80. The largest absolute Gasteiger partial charge is 1.00 e. The van der Waals surface area contributed by atoms with Crippen molar-refractivity contribution in [1.82, 2.24) is 18.7 Å². The highest BCUT2D eigenvalue weighted by Gasteiger charge is 2.25. The number of nitrogens with zero attached hydrogens (tertiary/aromatic N) is 5. The van der Waals surface area contributed by atoms with Gasteiger partial charge in [0.15, 0.2) is 11.2 Å². The first kappa shape index (κ1) is 18.5. The smallest absolute Gasteiger partial charge is 0.332 e. The number of rotatable bonds is 5. The number of aromatic nitrogens is 4. The third-order valence-corrected chi connectivity index (χ3v) is 4.36. The number of anilines is 1. The van der Waals surface area contributed by atoms with Gasteiger partial charge in [-0.05, 0) is 6.42 Å². The zero-order valence-electron chi connectivity index (χ0n) is 13.9. The van der Waals surface area contributed by atoms with Gasteiger partial charge in [0.25, 0.3) is 5.56 Å². The van der Waals surface area contributed by atoms with Gasteiger partial charge >= 0.3 is 5.69 Å². The molecule has 0 spiro atoms. The molecule has 0 radical (unpaired) electrons. The number of fused-ring (bicyclic) bond motifs is 3. The number of halogens is 1. The van der Waals surface area contributed by atoms with Crippen molar-refractivity contribution in [2.24, 2.45) is 14.1 Å². The third kappa shape index (κ3) is 2.94. The maximum absolute atomic E-state index is 12.5. The van der Waals surface area contributed by atoms with E-state index in [0.717, 1.165) is 43.1 Å². The summed E-state index contributed by atoms with van der Waals surface area (Å²) in [6.07, 6.45) is 0.935. The Morgan fingerprint density at radius 1 is 1.17 bits per heavy atom. The van der Waals surface area contributed by atoms with E-state index in [-0.39, 0.29) is 30.3 Å². The van der Waals surface area contributed by atoms with Crippen molar-refractivity contribution in [3.05, 3.63) is 20.8 Å². The van der Waals surface area contributed by atoms with E-state index in [1.54, 1.807) is 7.05 Å². The quantitative estimate of drug-likeness (QED) is 0.518. The fourth-order valence-electron chi connectivity index (χ4n) is 3.10. The van der Waals surface area contributed by atoms with Crippen LogP contribution in [0.1, 0.15) is 6.42 Å². The van der Waals surface area contributed by atoms with Crippen LogP contribution in [0.15, 0.2) is 9.59 Å². The van der Waals surface area contributed by atoms with Gasteiger partial charge in [-0.2, -0.15) is 4.98 Å². The Balaban J connectivity index is 0.00000208. The van der Waals surface area contributed by atoms with Crippen molar-refractivity contribution in [1.29, 1.82) is 0 Å². The summed E-state index contributed by atoms with van der Waals surface area (Å²) in [7, 11) is 3.14. The van der Waals surface area contributed by atoms with E-state index in [0.29, 0.717) is 17.7 Å². The lowest BCUT2D eigenvalue weighted by Crippen LogP contribution is -3.00. The van der Waals surface area contributed by atoms with Gasteiger partial charge in [-0.3, -0.25) is 13.9 Å². The van der Waals surface area contributed by atoms with E-state index in [2.05, 4.69) is 15.2 Å². The van der Waals surface area contributed by atoms with Crippen LogP contribution in [0.2, 0.25) is 0 Å². The van der Waals surface area contributed by atoms with E-state index in [1.807, 2.05) is 4.57 Å². The van der Waals surface area contributed by atoms with Gasteiger partial charge in [-0.25, -0.2) is 4.79 Å². The molecular formula is C14H23ClN6O3. The lowest BCUT2D eigenvalue weighted by Gasteiger charge is -2.28. The van der Waals surface area contributed by atoms with Crippen molar-refractivity contribution in [3.63, 3.8) is 0 Å². The number of aliphatic hydroxyl groups excluding tert-OH is 1. The van der Waals surface area contributed by atoms with Gasteiger partial charge in [0, 0.05) is 27.2 Å². The second-order valence-electron chi connectivity index (χ2n) is 5.87. The highest BCUT2D eigenvalue weighted by Crippen LogP contribution is 2.23. The molecule has 0 atom stereocenters. The molecule has 3 N–H and O–H groups in total. The first-order valence-electron chi connectivity index (χ1n) is 7.90. The fourth-order valence-corrected chi connectivity index (χ4v) is 3.10. The molecular weight excluding hydrogens is 336 g/mol. The molecule has 10 heteroatoms. The zero-order chi connectivity index (χ0) is 16.6. The highest BCUT2D eigenvalue weighted by molar-refractivity contribution is 5.74. The van der Waals surface area contributed by atoms with E-state index < -0.39 is 0 Å². The first-order valence-corrected chi connectivity index (χ1v) is 7.90.